The zero-order valence-corrected chi connectivity index (χ0v) is 17.3. The fourth-order valence-electron chi connectivity index (χ4n) is 3.22. The van der Waals surface area contributed by atoms with Crippen molar-refractivity contribution in [1.82, 2.24) is 26.0 Å². The van der Waals surface area contributed by atoms with E-state index in [1.165, 1.54) is 6.20 Å². The molecule has 2 aromatic carbocycles. The molecule has 0 spiro atoms. The molecule has 0 fully saturated rings. The molecule has 4 N–H and O–H groups in total. The van der Waals surface area contributed by atoms with E-state index in [1.807, 2.05) is 54.6 Å². The van der Waals surface area contributed by atoms with Crippen molar-refractivity contribution in [3.8, 4) is 11.1 Å². The second-order valence-corrected chi connectivity index (χ2v) is 7.06. The van der Waals surface area contributed by atoms with Gasteiger partial charge in [-0.1, -0.05) is 54.6 Å². The number of carbonyl (C=O) groups is 3. The number of hydrogen-bond donors (Lipinski definition) is 4. The molecular weight excluding hydrogens is 414 g/mol. The zero-order valence-electron chi connectivity index (χ0n) is 17.3. The standard InChI is InChI=1S/C22H23N5O5/c1-32-22(31)25-18(21(29)30)12-17(24-20(28)19-13-23-27-26-19)11-14-7-9-16(10-8-14)15-5-3-2-4-6-15/h2-10,13,17-18H,11-12H2,1H3,(H,24,28)(H,25,31)(H,29,30)(H,23,26,27). The summed E-state index contributed by atoms with van der Waals surface area (Å²) in [6, 6.07) is 15.8. The van der Waals surface area contributed by atoms with E-state index in [-0.39, 0.29) is 12.1 Å². The Morgan fingerprint density at radius 3 is 2.31 bits per heavy atom. The van der Waals surface area contributed by atoms with Gasteiger partial charge in [0, 0.05) is 6.04 Å². The minimum Gasteiger partial charge on any atom is -0.480 e. The number of hydrogen-bond acceptors (Lipinski definition) is 6. The molecule has 32 heavy (non-hydrogen) atoms. The topological polar surface area (TPSA) is 146 Å². The molecule has 0 radical (unpaired) electrons. The van der Waals surface area contributed by atoms with Crippen molar-refractivity contribution in [3.05, 3.63) is 72.1 Å². The SMILES string of the molecule is COC(=O)NC(CC(Cc1ccc(-c2ccccc2)cc1)NC(=O)c1cn[nH]n1)C(=O)O. The highest BCUT2D eigenvalue weighted by Gasteiger charge is 2.26. The summed E-state index contributed by atoms with van der Waals surface area (Å²) in [7, 11) is 1.15. The monoisotopic (exact) mass is 437 g/mol. The summed E-state index contributed by atoms with van der Waals surface area (Å²) in [4.78, 5) is 35.7. The van der Waals surface area contributed by atoms with Gasteiger partial charge in [0.1, 0.15) is 6.04 Å². The van der Waals surface area contributed by atoms with E-state index in [2.05, 4.69) is 30.8 Å². The Labute approximate surface area is 184 Å². The molecule has 0 bridgehead atoms. The molecule has 0 aliphatic rings. The van der Waals surface area contributed by atoms with Crippen LogP contribution >= 0.6 is 0 Å². The average molecular weight is 437 g/mol. The number of alkyl carbamates (subject to hydrolysis) is 1. The average Bonchev–Trinajstić information content (AvgIpc) is 3.34. The molecule has 0 aliphatic heterocycles. The maximum Gasteiger partial charge on any atom is 0.407 e. The molecule has 10 nitrogen and oxygen atoms in total. The van der Waals surface area contributed by atoms with Gasteiger partial charge in [-0.25, -0.2) is 9.59 Å². The van der Waals surface area contributed by atoms with Crippen LogP contribution in [-0.2, 0) is 16.0 Å². The summed E-state index contributed by atoms with van der Waals surface area (Å²) in [5.74, 6) is -1.75. The van der Waals surface area contributed by atoms with Crippen LogP contribution in [0.3, 0.4) is 0 Å². The van der Waals surface area contributed by atoms with Crippen molar-refractivity contribution in [2.45, 2.75) is 24.9 Å². The number of nitrogens with zero attached hydrogens (tertiary/aromatic N) is 2. The number of aliphatic carboxylic acids is 1. The second kappa shape index (κ2) is 10.7. The van der Waals surface area contributed by atoms with E-state index in [0.717, 1.165) is 23.8 Å². The molecule has 3 rings (SSSR count). The number of aromatic amines is 1. The minimum atomic E-state index is -1.26. The van der Waals surface area contributed by atoms with Gasteiger partial charge < -0.3 is 20.5 Å². The molecular formula is C22H23N5O5. The quantitative estimate of drug-likeness (QED) is 0.400. The van der Waals surface area contributed by atoms with Crippen LogP contribution in [0.15, 0.2) is 60.8 Å². The molecule has 0 saturated carbocycles. The largest absolute Gasteiger partial charge is 0.480 e. The second-order valence-electron chi connectivity index (χ2n) is 7.06. The van der Waals surface area contributed by atoms with Gasteiger partial charge in [0.05, 0.1) is 13.3 Å². The third-order valence-corrected chi connectivity index (χ3v) is 4.82. The number of aromatic nitrogens is 3. The van der Waals surface area contributed by atoms with Gasteiger partial charge >= 0.3 is 12.1 Å². The number of amides is 2. The molecule has 0 aliphatic carbocycles. The fourth-order valence-corrected chi connectivity index (χ4v) is 3.22. The van der Waals surface area contributed by atoms with Gasteiger partial charge in [0.15, 0.2) is 5.69 Å². The Morgan fingerprint density at radius 1 is 1.03 bits per heavy atom. The number of methoxy groups -OCH3 is 1. The Balaban J connectivity index is 1.77. The van der Waals surface area contributed by atoms with E-state index < -0.39 is 30.1 Å². The van der Waals surface area contributed by atoms with E-state index in [4.69, 9.17) is 0 Å². The highest BCUT2D eigenvalue weighted by Crippen LogP contribution is 2.20. The molecule has 2 atom stereocenters. The summed E-state index contributed by atoms with van der Waals surface area (Å²) < 4.78 is 4.50. The van der Waals surface area contributed by atoms with Gasteiger partial charge in [0.25, 0.3) is 5.91 Å². The Bertz CT molecular complexity index is 1040. The lowest BCUT2D eigenvalue weighted by atomic mass is 9.97. The van der Waals surface area contributed by atoms with Crippen LogP contribution in [0.2, 0.25) is 0 Å². The van der Waals surface area contributed by atoms with Crippen molar-refractivity contribution < 1.29 is 24.2 Å². The maximum absolute atomic E-state index is 12.5. The number of carboxylic acid groups (broad SMARTS) is 1. The van der Waals surface area contributed by atoms with Crippen LogP contribution in [-0.4, -0.2) is 57.7 Å². The lowest BCUT2D eigenvalue weighted by Gasteiger charge is -2.22. The Kier molecular flexibility index (Phi) is 7.52. The summed E-state index contributed by atoms with van der Waals surface area (Å²) in [5.41, 5.74) is 3.07. The molecule has 10 heteroatoms. The predicted molar refractivity (Wildman–Crippen MR) is 115 cm³/mol. The molecule has 166 valence electrons. The zero-order chi connectivity index (χ0) is 22.9. The van der Waals surface area contributed by atoms with Crippen LogP contribution in [0.4, 0.5) is 4.79 Å². The number of ether oxygens (including phenoxy) is 1. The lowest BCUT2D eigenvalue weighted by Crippen LogP contribution is -2.47. The van der Waals surface area contributed by atoms with Crippen LogP contribution in [0.25, 0.3) is 11.1 Å². The minimum absolute atomic E-state index is 0.0611. The number of H-pyrrole nitrogens is 1. The van der Waals surface area contributed by atoms with Crippen molar-refractivity contribution >= 4 is 18.0 Å². The van der Waals surface area contributed by atoms with Gasteiger partial charge in [-0.2, -0.15) is 15.4 Å². The maximum atomic E-state index is 12.5. The predicted octanol–water partition coefficient (Wildman–Crippen LogP) is 2.01. The van der Waals surface area contributed by atoms with Gasteiger partial charge in [-0.15, -0.1) is 0 Å². The number of carboxylic acids is 1. The highest BCUT2D eigenvalue weighted by molar-refractivity contribution is 5.92. The number of nitrogens with one attached hydrogen (secondary N) is 3. The van der Waals surface area contributed by atoms with E-state index in [0.29, 0.717) is 6.42 Å². The summed E-state index contributed by atoms with van der Waals surface area (Å²) in [6.45, 7) is 0. The molecule has 0 saturated heterocycles. The third kappa shape index (κ3) is 6.14. The summed E-state index contributed by atoms with van der Waals surface area (Å²) in [5, 5.41) is 24.3. The normalized spacial score (nSPS) is 12.4. The van der Waals surface area contributed by atoms with Crippen LogP contribution in [0, 0.1) is 0 Å². The first kappa shape index (κ1) is 22.5. The Hall–Kier alpha value is -4.21. The first-order valence-corrected chi connectivity index (χ1v) is 9.84. The first-order chi connectivity index (χ1) is 15.5. The third-order valence-electron chi connectivity index (χ3n) is 4.82. The fraction of sp³-hybridized carbons (Fsp3) is 0.227. The molecule has 2 unspecified atom stereocenters. The Morgan fingerprint density at radius 2 is 1.72 bits per heavy atom. The van der Waals surface area contributed by atoms with Gasteiger partial charge in [-0.05, 0) is 29.5 Å². The van der Waals surface area contributed by atoms with E-state index in [1.54, 1.807) is 0 Å². The van der Waals surface area contributed by atoms with Gasteiger partial charge in [0.2, 0.25) is 0 Å². The van der Waals surface area contributed by atoms with Crippen LogP contribution < -0.4 is 10.6 Å². The smallest absolute Gasteiger partial charge is 0.407 e. The molecule has 1 aromatic heterocycles. The van der Waals surface area contributed by atoms with Crippen molar-refractivity contribution in [2.75, 3.05) is 7.11 Å². The van der Waals surface area contributed by atoms with Crippen LogP contribution in [0.5, 0.6) is 0 Å². The number of carbonyl (C=O) groups excluding carboxylic acids is 2. The number of benzene rings is 2. The summed E-state index contributed by atoms with van der Waals surface area (Å²) >= 11 is 0. The summed E-state index contributed by atoms with van der Waals surface area (Å²) in [6.07, 6.45) is 0.675. The molecule has 2 amide bonds. The van der Waals surface area contributed by atoms with E-state index >= 15 is 0 Å². The first-order valence-electron chi connectivity index (χ1n) is 9.84. The van der Waals surface area contributed by atoms with E-state index in [9.17, 15) is 19.5 Å². The van der Waals surface area contributed by atoms with Crippen LogP contribution in [0.1, 0.15) is 22.5 Å². The van der Waals surface area contributed by atoms with Crippen molar-refractivity contribution in [2.24, 2.45) is 0 Å². The van der Waals surface area contributed by atoms with Crippen molar-refractivity contribution in [3.63, 3.8) is 0 Å². The number of rotatable bonds is 9. The highest BCUT2D eigenvalue weighted by atomic mass is 16.5. The molecule has 3 aromatic rings. The molecule has 1 heterocycles. The van der Waals surface area contributed by atoms with Crippen molar-refractivity contribution in [1.29, 1.82) is 0 Å². The van der Waals surface area contributed by atoms with Gasteiger partial charge in [-0.3, -0.25) is 4.79 Å². The lowest BCUT2D eigenvalue weighted by molar-refractivity contribution is -0.139.